The van der Waals surface area contributed by atoms with Crippen LogP contribution in [0.2, 0.25) is 0 Å². The molecule has 4 rings (SSSR count). The number of ether oxygens (including phenoxy) is 1. The number of hydrogen-bond donors (Lipinski definition) is 0. The van der Waals surface area contributed by atoms with Crippen molar-refractivity contribution in [2.75, 3.05) is 6.61 Å². The summed E-state index contributed by atoms with van der Waals surface area (Å²) in [5.41, 5.74) is 0.325. The largest absolute Gasteiger partial charge is 0.489 e. The van der Waals surface area contributed by atoms with E-state index in [-0.39, 0.29) is 24.5 Å². The molecule has 1 aliphatic rings. The van der Waals surface area contributed by atoms with Crippen molar-refractivity contribution < 1.29 is 23.2 Å². The molecule has 1 saturated heterocycles. The second kappa shape index (κ2) is 10.5. The molecule has 0 bridgehead atoms. The SMILES string of the molecule is C=C(CCCOC(=O)c1cc2cc(Br)cnc2n(Cc2ccc(F)cc2)c1=O)B1OC(C)(C)C(C)(C)O1. The molecule has 0 atom stereocenters. The highest BCUT2D eigenvalue weighted by Gasteiger charge is 2.51. The summed E-state index contributed by atoms with van der Waals surface area (Å²) in [6, 6.07) is 9.08. The Balaban J connectivity index is 1.46. The lowest BCUT2D eigenvalue weighted by molar-refractivity contribution is 0.00578. The molecule has 1 aromatic carbocycles. The number of benzene rings is 1. The number of halogens is 2. The third-order valence-corrected chi connectivity index (χ3v) is 7.26. The van der Waals surface area contributed by atoms with Crippen LogP contribution in [0.25, 0.3) is 11.0 Å². The molecule has 1 aliphatic heterocycles. The molecular formula is C27H29BBrFN2O5. The standard InChI is InChI=1S/C27H29BBrFN2O5/c1-17(28-36-26(2,3)27(4,5)37-28)7-6-12-35-25(34)22-14-19-13-20(29)15-31-23(19)32(24(22)33)16-18-8-10-21(30)11-9-18/h8-11,13-15H,1,6-7,12,16H2,2-5H3. The summed E-state index contributed by atoms with van der Waals surface area (Å²) < 4.78 is 32.9. The van der Waals surface area contributed by atoms with E-state index in [4.69, 9.17) is 14.0 Å². The summed E-state index contributed by atoms with van der Waals surface area (Å²) in [7, 11) is -0.522. The Morgan fingerprint density at radius 1 is 1.16 bits per heavy atom. The van der Waals surface area contributed by atoms with Crippen molar-refractivity contribution in [1.29, 1.82) is 0 Å². The van der Waals surface area contributed by atoms with E-state index in [0.29, 0.717) is 33.9 Å². The fourth-order valence-electron chi connectivity index (χ4n) is 3.97. The first-order chi connectivity index (χ1) is 17.4. The van der Waals surface area contributed by atoms with Gasteiger partial charge in [-0.25, -0.2) is 14.2 Å². The first kappa shape index (κ1) is 27.2. The first-order valence-corrected chi connectivity index (χ1v) is 12.8. The van der Waals surface area contributed by atoms with Gasteiger partial charge in [-0.1, -0.05) is 12.1 Å². The van der Waals surface area contributed by atoms with Crippen molar-refractivity contribution >= 4 is 40.1 Å². The van der Waals surface area contributed by atoms with Gasteiger partial charge in [0.05, 0.1) is 24.4 Å². The van der Waals surface area contributed by atoms with Crippen molar-refractivity contribution in [3.05, 3.63) is 86.4 Å². The van der Waals surface area contributed by atoms with Gasteiger partial charge in [-0.3, -0.25) is 9.36 Å². The maximum Gasteiger partial charge on any atom is 0.489 e. The van der Waals surface area contributed by atoms with Gasteiger partial charge in [0.1, 0.15) is 17.0 Å². The highest BCUT2D eigenvalue weighted by Crippen LogP contribution is 2.38. The fraction of sp³-hybridized carbons (Fsp3) is 0.370. The normalized spacial score (nSPS) is 16.2. The molecule has 3 aromatic rings. The van der Waals surface area contributed by atoms with Gasteiger partial charge in [-0.05, 0) is 91.8 Å². The van der Waals surface area contributed by atoms with E-state index in [9.17, 15) is 14.0 Å². The second-order valence-electron chi connectivity index (χ2n) is 10.1. The Hall–Kier alpha value is -2.82. The van der Waals surface area contributed by atoms with Crippen molar-refractivity contribution in [2.45, 2.75) is 58.3 Å². The number of rotatable bonds is 8. The number of allylic oxidation sites excluding steroid dienone is 1. The maximum atomic E-state index is 13.4. The Kier molecular flexibility index (Phi) is 7.74. The molecule has 1 fully saturated rings. The van der Waals surface area contributed by atoms with E-state index in [1.54, 1.807) is 24.4 Å². The van der Waals surface area contributed by atoms with Gasteiger partial charge in [-0.2, -0.15) is 0 Å². The van der Waals surface area contributed by atoms with Crippen LogP contribution in [0, 0.1) is 5.82 Å². The summed E-state index contributed by atoms with van der Waals surface area (Å²) >= 11 is 3.38. The van der Waals surface area contributed by atoms with E-state index < -0.39 is 29.8 Å². The number of pyridine rings is 2. The number of hydrogen-bond acceptors (Lipinski definition) is 6. The van der Waals surface area contributed by atoms with Crippen LogP contribution in [0.3, 0.4) is 0 Å². The third-order valence-electron chi connectivity index (χ3n) is 6.83. The zero-order valence-corrected chi connectivity index (χ0v) is 22.9. The average molecular weight is 571 g/mol. The van der Waals surface area contributed by atoms with Crippen LogP contribution in [0.1, 0.15) is 56.5 Å². The quantitative estimate of drug-likeness (QED) is 0.203. The zero-order chi connectivity index (χ0) is 27.0. The van der Waals surface area contributed by atoms with Crippen molar-refractivity contribution in [2.24, 2.45) is 0 Å². The summed E-state index contributed by atoms with van der Waals surface area (Å²) in [4.78, 5) is 30.6. The molecular weight excluding hydrogens is 542 g/mol. The molecule has 7 nitrogen and oxygen atoms in total. The van der Waals surface area contributed by atoms with Gasteiger partial charge in [0.15, 0.2) is 0 Å². The van der Waals surface area contributed by atoms with Crippen LogP contribution in [0.5, 0.6) is 0 Å². The molecule has 194 valence electrons. The minimum Gasteiger partial charge on any atom is -0.462 e. The lowest BCUT2D eigenvalue weighted by Gasteiger charge is -2.32. The summed E-state index contributed by atoms with van der Waals surface area (Å²) in [5, 5.41) is 0.595. The highest BCUT2D eigenvalue weighted by atomic mass is 79.9. The molecule has 10 heteroatoms. The molecule has 0 aliphatic carbocycles. The number of nitrogens with zero attached hydrogens (tertiary/aromatic N) is 2. The number of fused-ring (bicyclic) bond motifs is 1. The van der Waals surface area contributed by atoms with Crippen LogP contribution in [-0.2, 0) is 20.6 Å². The smallest absolute Gasteiger partial charge is 0.462 e. The van der Waals surface area contributed by atoms with Gasteiger partial charge in [0.2, 0.25) is 0 Å². The molecule has 3 heterocycles. The Morgan fingerprint density at radius 2 is 1.81 bits per heavy atom. The van der Waals surface area contributed by atoms with E-state index in [1.165, 1.54) is 22.8 Å². The van der Waals surface area contributed by atoms with Crippen molar-refractivity contribution in [3.63, 3.8) is 0 Å². The Bertz CT molecular complexity index is 1390. The maximum absolute atomic E-state index is 13.4. The predicted molar refractivity (Wildman–Crippen MR) is 144 cm³/mol. The van der Waals surface area contributed by atoms with E-state index in [1.807, 2.05) is 27.7 Å². The summed E-state index contributed by atoms with van der Waals surface area (Å²) in [6.07, 6.45) is 2.61. The molecule has 2 aromatic heterocycles. The number of aromatic nitrogens is 2. The van der Waals surface area contributed by atoms with E-state index in [2.05, 4.69) is 27.5 Å². The molecule has 0 radical (unpaired) electrons. The van der Waals surface area contributed by atoms with Crippen molar-refractivity contribution in [1.82, 2.24) is 9.55 Å². The van der Waals surface area contributed by atoms with Crippen LogP contribution in [0.4, 0.5) is 4.39 Å². The van der Waals surface area contributed by atoms with Gasteiger partial charge in [0.25, 0.3) is 5.56 Å². The molecule has 0 N–H and O–H groups in total. The van der Waals surface area contributed by atoms with Crippen LogP contribution in [0.15, 0.2) is 63.9 Å². The minimum atomic E-state index is -0.721. The predicted octanol–water partition coefficient (Wildman–Crippen LogP) is 5.47. The van der Waals surface area contributed by atoms with Crippen LogP contribution < -0.4 is 5.56 Å². The van der Waals surface area contributed by atoms with E-state index in [0.717, 1.165) is 5.47 Å². The first-order valence-electron chi connectivity index (χ1n) is 12.0. The lowest BCUT2D eigenvalue weighted by atomic mass is 9.77. The monoisotopic (exact) mass is 570 g/mol. The van der Waals surface area contributed by atoms with Gasteiger partial charge < -0.3 is 14.0 Å². The van der Waals surface area contributed by atoms with Gasteiger partial charge in [-0.15, -0.1) is 6.58 Å². The number of carbonyl (C=O) groups is 1. The van der Waals surface area contributed by atoms with Gasteiger partial charge in [0, 0.05) is 16.1 Å². The summed E-state index contributed by atoms with van der Waals surface area (Å²) in [6.45, 7) is 12.2. The summed E-state index contributed by atoms with van der Waals surface area (Å²) in [5.74, 6) is -1.09. The third kappa shape index (κ3) is 5.86. The Morgan fingerprint density at radius 3 is 2.46 bits per heavy atom. The molecule has 0 amide bonds. The van der Waals surface area contributed by atoms with Crippen LogP contribution >= 0.6 is 15.9 Å². The molecule has 37 heavy (non-hydrogen) atoms. The van der Waals surface area contributed by atoms with E-state index >= 15 is 0 Å². The lowest BCUT2D eigenvalue weighted by Crippen LogP contribution is -2.41. The second-order valence-corrected chi connectivity index (χ2v) is 11.0. The average Bonchev–Trinajstić information content (AvgIpc) is 3.06. The topological polar surface area (TPSA) is 79.7 Å². The highest BCUT2D eigenvalue weighted by molar-refractivity contribution is 9.10. The minimum absolute atomic E-state index is 0.0979. The number of carbonyl (C=O) groups excluding carboxylic acids is 1. The van der Waals surface area contributed by atoms with Crippen LogP contribution in [-0.4, -0.2) is 40.4 Å². The molecule has 0 saturated carbocycles. The molecule has 0 spiro atoms. The zero-order valence-electron chi connectivity index (χ0n) is 21.3. The fourth-order valence-corrected chi connectivity index (χ4v) is 4.32. The number of esters is 1. The Labute approximate surface area is 223 Å². The van der Waals surface area contributed by atoms with Crippen molar-refractivity contribution in [3.8, 4) is 0 Å². The molecule has 0 unspecified atom stereocenters. The van der Waals surface area contributed by atoms with Gasteiger partial charge >= 0.3 is 13.1 Å².